The van der Waals surface area contributed by atoms with Gasteiger partial charge in [-0.15, -0.1) is 0 Å². The standard InChI is InChI=1S/C14H29N3O3/c1-7-10(2)11(12(18)19)16-13(20)15-8-14(3,4)9-17(5)6/h10-11H,7-9H2,1-6H3,(H,18,19)(H2,15,16,20)/t10-,11-/m0/s1. The molecule has 0 radical (unpaired) electrons. The number of hydrogen-bond acceptors (Lipinski definition) is 3. The second-order valence-electron chi connectivity index (χ2n) is 6.43. The number of carbonyl (C=O) groups excluding carboxylic acids is 1. The van der Waals surface area contributed by atoms with Crippen LogP contribution in [0.1, 0.15) is 34.1 Å². The Bertz CT molecular complexity index is 330. The minimum atomic E-state index is -0.998. The molecule has 0 aromatic carbocycles. The van der Waals surface area contributed by atoms with Crippen LogP contribution in [0.15, 0.2) is 0 Å². The normalized spacial score (nSPS) is 14.8. The molecule has 6 heteroatoms. The lowest BCUT2D eigenvalue weighted by Crippen LogP contribution is -2.51. The van der Waals surface area contributed by atoms with Gasteiger partial charge in [-0.3, -0.25) is 0 Å². The van der Waals surface area contributed by atoms with E-state index in [1.165, 1.54) is 0 Å². The number of aliphatic carboxylic acids is 1. The average molecular weight is 287 g/mol. The lowest BCUT2D eigenvalue weighted by atomic mass is 9.93. The predicted octanol–water partition coefficient (Wildman–Crippen LogP) is 1.37. The molecule has 2 atom stereocenters. The van der Waals surface area contributed by atoms with Gasteiger partial charge in [0.1, 0.15) is 6.04 Å². The number of nitrogens with one attached hydrogen (secondary N) is 2. The van der Waals surface area contributed by atoms with E-state index in [0.717, 1.165) is 6.54 Å². The molecule has 0 heterocycles. The van der Waals surface area contributed by atoms with Crippen molar-refractivity contribution >= 4 is 12.0 Å². The highest BCUT2D eigenvalue weighted by atomic mass is 16.4. The zero-order valence-corrected chi connectivity index (χ0v) is 13.5. The summed E-state index contributed by atoms with van der Waals surface area (Å²) in [5.41, 5.74) is -0.0735. The van der Waals surface area contributed by atoms with Gasteiger partial charge in [0.15, 0.2) is 0 Å². The van der Waals surface area contributed by atoms with Gasteiger partial charge in [-0.25, -0.2) is 9.59 Å². The van der Waals surface area contributed by atoms with E-state index in [-0.39, 0.29) is 11.3 Å². The van der Waals surface area contributed by atoms with E-state index in [9.17, 15) is 9.59 Å². The van der Waals surface area contributed by atoms with E-state index in [4.69, 9.17) is 5.11 Å². The first-order valence-corrected chi connectivity index (χ1v) is 7.01. The van der Waals surface area contributed by atoms with Gasteiger partial charge in [0.2, 0.25) is 0 Å². The fraction of sp³-hybridized carbons (Fsp3) is 0.857. The van der Waals surface area contributed by atoms with E-state index < -0.39 is 18.0 Å². The summed E-state index contributed by atoms with van der Waals surface area (Å²) in [7, 11) is 3.95. The number of carboxylic acid groups (broad SMARTS) is 1. The summed E-state index contributed by atoms with van der Waals surface area (Å²) in [6.07, 6.45) is 0.698. The van der Waals surface area contributed by atoms with Crippen LogP contribution < -0.4 is 10.6 Å². The molecule has 0 aliphatic rings. The third kappa shape index (κ3) is 7.33. The Kier molecular flexibility index (Phi) is 7.57. The molecule has 0 aromatic heterocycles. The molecule has 0 aromatic rings. The monoisotopic (exact) mass is 287 g/mol. The largest absolute Gasteiger partial charge is 0.480 e. The van der Waals surface area contributed by atoms with Crippen LogP contribution >= 0.6 is 0 Å². The van der Waals surface area contributed by atoms with E-state index in [2.05, 4.69) is 29.4 Å². The minimum absolute atomic E-state index is 0.0735. The van der Waals surface area contributed by atoms with E-state index in [1.54, 1.807) is 0 Å². The second kappa shape index (κ2) is 8.09. The Morgan fingerprint density at radius 1 is 1.30 bits per heavy atom. The van der Waals surface area contributed by atoms with Crippen molar-refractivity contribution in [3.63, 3.8) is 0 Å². The van der Waals surface area contributed by atoms with E-state index >= 15 is 0 Å². The van der Waals surface area contributed by atoms with Gasteiger partial charge in [-0.2, -0.15) is 0 Å². The molecule has 0 saturated carbocycles. The van der Waals surface area contributed by atoms with Gasteiger partial charge >= 0.3 is 12.0 Å². The van der Waals surface area contributed by atoms with Crippen LogP contribution in [-0.2, 0) is 4.79 Å². The van der Waals surface area contributed by atoms with Crippen LogP contribution in [0.4, 0.5) is 4.79 Å². The molecular weight excluding hydrogens is 258 g/mol. The van der Waals surface area contributed by atoms with Crippen molar-refractivity contribution in [1.29, 1.82) is 0 Å². The van der Waals surface area contributed by atoms with Gasteiger partial charge in [-0.05, 0) is 25.4 Å². The molecular formula is C14H29N3O3. The Morgan fingerprint density at radius 2 is 1.85 bits per heavy atom. The highest BCUT2D eigenvalue weighted by molar-refractivity contribution is 5.82. The highest BCUT2D eigenvalue weighted by Gasteiger charge is 2.26. The number of carbonyl (C=O) groups is 2. The SMILES string of the molecule is CC[C@H](C)[C@H](NC(=O)NCC(C)(C)CN(C)C)C(=O)O. The summed E-state index contributed by atoms with van der Waals surface area (Å²) >= 11 is 0. The molecule has 0 spiro atoms. The average Bonchev–Trinajstić information content (AvgIpc) is 2.30. The maximum atomic E-state index is 11.8. The fourth-order valence-electron chi connectivity index (χ4n) is 2.11. The summed E-state index contributed by atoms with van der Waals surface area (Å²) in [5.74, 6) is -1.10. The number of hydrogen-bond donors (Lipinski definition) is 3. The molecule has 6 nitrogen and oxygen atoms in total. The fourth-order valence-corrected chi connectivity index (χ4v) is 2.11. The minimum Gasteiger partial charge on any atom is -0.480 e. The molecule has 118 valence electrons. The molecule has 0 aliphatic heterocycles. The smallest absolute Gasteiger partial charge is 0.326 e. The quantitative estimate of drug-likeness (QED) is 0.630. The van der Waals surface area contributed by atoms with Crippen LogP contribution in [0.2, 0.25) is 0 Å². The van der Waals surface area contributed by atoms with Crippen LogP contribution in [0.5, 0.6) is 0 Å². The Morgan fingerprint density at radius 3 is 2.25 bits per heavy atom. The number of nitrogens with zero attached hydrogens (tertiary/aromatic N) is 1. The van der Waals surface area contributed by atoms with Gasteiger partial charge in [0.25, 0.3) is 0 Å². The molecule has 0 fully saturated rings. The zero-order chi connectivity index (χ0) is 15.9. The van der Waals surface area contributed by atoms with Crippen LogP contribution in [-0.4, -0.2) is 55.2 Å². The predicted molar refractivity (Wildman–Crippen MR) is 79.7 cm³/mol. The molecule has 0 saturated heterocycles. The first-order chi connectivity index (χ1) is 9.09. The number of amides is 2. The third-order valence-electron chi connectivity index (χ3n) is 3.24. The molecule has 20 heavy (non-hydrogen) atoms. The van der Waals surface area contributed by atoms with Crippen LogP contribution in [0.25, 0.3) is 0 Å². The Hall–Kier alpha value is -1.30. The molecule has 2 amide bonds. The molecule has 0 unspecified atom stereocenters. The first kappa shape index (κ1) is 18.7. The maximum Gasteiger partial charge on any atom is 0.326 e. The van der Waals surface area contributed by atoms with Crippen molar-refractivity contribution in [2.24, 2.45) is 11.3 Å². The lowest BCUT2D eigenvalue weighted by molar-refractivity contribution is -0.140. The van der Waals surface area contributed by atoms with Crippen molar-refractivity contribution < 1.29 is 14.7 Å². The van der Waals surface area contributed by atoms with Crippen LogP contribution in [0.3, 0.4) is 0 Å². The van der Waals surface area contributed by atoms with Crippen molar-refractivity contribution in [3.05, 3.63) is 0 Å². The van der Waals surface area contributed by atoms with Crippen molar-refractivity contribution in [3.8, 4) is 0 Å². The van der Waals surface area contributed by atoms with Crippen molar-refractivity contribution in [2.45, 2.75) is 40.2 Å². The second-order valence-corrected chi connectivity index (χ2v) is 6.43. The van der Waals surface area contributed by atoms with E-state index in [1.807, 2.05) is 27.9 Å². The number of carboxylic acids is 1. The third-order valence-corrected chi connectivity index (χ3v) is 3.24. The lowest BCUT2D eigenvalue weighted by Gasteiger charge is -2.29. The van der Waals surface area contributed by atoms with Crippen molar-refractivity contribution in [2.75, 3.05) is 27.2 Å². The van der Waals surface area contributed by atoms with Crippen LogP contribution in [0, 0.1) is 11.3 Å². The summed E-state index contributed by atoms with van der Waals surface area (Å²) in [6, 6.07) is -1.28. The molecule has 0 aliphatic carbocycles. The van der Waals surface area contributed by atoms with Gasteiger partial charge in [-0.1, -0.05) is 34.1 Å². The van der Waals surface area contributed by atoms with Crippen molar-refractivity contribution in [1.82, 2.24) is 15.5 Å². The first-order valence-electron chi connectivity index (χ1n) is 7.01. The van der Waals surface area contributed by atoms with Gasteiger partial charge < -0.3 is 20.6 Å². The maximum absolute atomic E-state index is 11.8. The number of urea groups is 1. The van der Waals surface area contributed by atoms with Gasteiger partial charge in [0, 0.05) is 13.1 Å². The summed E-state index contributed by atoms with van der Waals surface area (Å²) in [4.78, 5) is 25.0. The highest BCUT2D eigenvalue weighted by Crippen LogP contribution is 2.14. The summed E-state index contributed by atoms with van der Waals surface area (Å²) in [5, 5.41) is 14.4. The summed E-state index contributed by atoms with van der Waals surface area (Å²) in [6.45, 7) is 9.15. The topological polar surface area (TPSA) is 81.7 Å². The molecule has 0 bridgehead atoms. The summed E-state index contributed by atoms with van der Waals surface area (Å²) < 4.78 is 0. The molecule has 0 rings (SSSR count). The Balaban J connectivity index is 4.37. The van der Waals surface area contributed by atoms with Gasteiger partial charge in [0.05, 0.1) is 0 Å². The zero-order valence-electron chi connectivity index (χ0n) is 13.5. The number of rotatable bonds is 8. The van der Waals surface area contributed by atoms with E-state index in [0.29, 0.717) is 13.0 Å². The molecule has 3 N–H and O–H groups in total. The Labute approximate surface area is 121 Å².